The van der Waals surface area contributed by atoms with Gasteiger partial charge in [-0.2, -0.15) is 0 Å². The van der Waals surface area contributed by atoms with Crippen molar-refractivity contribution in [2.75, 3.05) is 29.9 Å². The molecular weight excluding hydrogens is 338 g/mol. The smallest absolute Gasteiger partial charge is 0.231 e. The standard InChI is InChI=1S/C18H27N3O3S/c1-13-11-19-16(20-17(22)18(2,3)15-4-5-15)10-14(13)12-21-6-8-25(23,24)9-7-21/h10-11,15H,4-9,12H2,1-3H3,(H,19,20,22). The number of nitrogens with zero attached hydrogens (tertiary/aromatic N) is 2. The number of nitrogens with one attached hydrogen (secondary N) is 1. The summed E-state index contributed by atoms with van der Waals surface area (Å²) in [5.74, 6) is 1.49. The number of carbonyl (C=O) groups is 1. The Bertz CT molecular complexity index is 756. The summed E-state index contributed by atoms with van der Waals surface area (Å²) in [7, 11) is -2.87. The van der Waals surface area contributed by atoms with Gasteiger partial charge in [0.15, 0.2) is 9.84 Å². The summed E-state index contributed by atoms with van der Waals surface area (Å²) in [6, 6.07) is 1.92. The Hall–Kier alpha value is -1.47. The van der Waals surface area contributed by atoms with Crippen LogP contribution in [0.1, 0.15) is 37.8 Å². The fourth-order valence-electron chi connectivity index (χ4n) is 3.22. The minimum absolute atomic E-state index is 0.0152. The highest BCUT2D eigenvalue weighted by atomic mass is 32.2. The van der Waals surface area contributed by atoms with Gasteiger partial charge in [0.25, 0.3) is 0 Å². The van der Waals surface area contributed by atoms with Gasteiger partial charge in [0.2, 0.25) is 5.91 Å². The molecule has 2 aliphatic rings. The third-order valence-corrected chi connectivity index (χ3v) is 7.08. The predicted molar refractivity (Wildman–Crippen MR) is 98.0 cm³/mol. The number of rotatable bonds is 5. The molecule has 138 valence electrons. The highest BCUT2D eigenvalue weighted by Gasteiger charge is 2.43. The first kappa shape index (κ1) is 18.3. The average Bonchev–Trinajstić information content (AvgIpc) is 3.38. The van der Waals surface area contributed by atoms with Crippen LogP contribution in [0.5, 0.6) is 0 Å². The number of anilines is 1. The summed E-state index contributed by atoms with van der Waals surface area (Å²) >= 11 is 0. The first-order valence-electron chi connectivity index (χ1n) is 8.87. The molecule has 1 N–H and O–H groups in total. The molecule has 1 aromatic rings. The fraction of sp³-hybridized carbons (Fsp3) is 0.667. The molecule has 1 aromatic heterocycles. The summed E-state index contributed by atoms with van der Waals surface area (Å²) in [6.45, 7) is 7.76. The van der Waals surface area contributed by atoms with Crippen molar-refractivity contribution >= 4 is 21.6 Å². The first-order valence-corrected chi connectivity index (χ1v) is 10.7. The Kier molecular flexibility index (Phi) is 4.90. The lowest BCUT2D eigenvalue weighted by Crippen LogP contribution is -2.39. The molecule has 3 rings (SSSR count). The van der Waals surface area contributed by atoms with Gasteiger partial charge in [0.1, 0.15) is 5.82 Å². The van der Waals surface area contributed by atoms with E-state index in [0.717, 1.165) is 24.0 Å². The number of aryl methyl sites for hydroxylation is 1. The van der Waals surface area contributed by atoms with Gasteiger partial charge >= 0.3 is 0 Å². The second-order valence-corrected chi connectivity index (χ2v) is 10.2. The van der Waals surface area contributed by atoms with Crippen molar-refractivity contribution < 1.29 is 13.2 Å². The third kappa shape index (κ3) is 4.39. The van der Waals surface area contributed by atoms with Crippen LogP contribution in [0.15, 0.2) is 12.3 Å². The van der Waals surface area contributed by atoms with Gasteiger partial charge in [-0.3, -0.25) is 9.69 Å². The van der Waals surface area contributed by atoms with E-state index in [1.165, 1.54) is 0 Å². The van der Waals surface area contributed by atoms with E-state index in [0.29, 0.717) is 31.4 Å². The van der Waals surface area contributed by atoms with Gasteiger partial charge in [0, 0.05) is 31.2 Å². The molecule has 0 radical (unpaired) electrons. The molecule has 0 bridgehead atoms. The Labute approximate surface area is 149 Å². The minimum Gasteiger partial charge on any atom is -0.310 e. The Morgan fingerprint density at radius 2 is 1.96 bits per heavy atom. The number of hydrogen-bond acceptors (Lipinski definition) is 5. The first-order chi connectivity index (χ1) is 11.7. The van der Waals surface area contributed by atoms with Crippen molar-refractivity contribution in [1.29, 1.82) is 0 Å². The van der Waals surface area contributed by atoms with E-state index in [2.05, 4.69) is 15.2 Å². The molecule has 1 amide bonds. The maximum Gasteiger partial charge on any atom is 0.231 e. The van der Waals surface area contributed by atoms with Crippen LogP contribution in [0.2, 0.25) is 0 Å². The van der Waals surface area contributed by atoms with Crippen molar-refractivity contribution in [3.8, 4) is 0 Å². The summed E-state index contributed by atoms with van der Waals surface area (Å²) < 4.78 is 23.1. The second kappa shape index (κ2) is 6.68. The normalized spacial score (nSPS) is 21.1. The van der Waals surface area contributed by atoms with Gasteiger partial charge in [-0.25, -0.2) is 13.4 Å². The minimum atomic E-state index is -2.87. The maximum absolute atomic E-state index is 12.5. The molecule has 0 spiro atoms. The summed E-state index contributed by atoms with van der Waals surface area (Å²) in [6.07, 6.45) is 4.01. The molecule has 2 fully saturated rings. The number of aromatic nitrogens is 1. The zero-order valence-corrected chi connectivity index (χ0v) is 16.0. The molecule has 1 saturated carbocycles. The van der Waals surface area contributed by atoms with Crippen LogP contribution in [0.4, 0.5) is 5.82 Å². The number of carbonyl (C=O) groups excluding carboxylic acids is 1. The Morgan fingerprint density at radius 1 is 1.32 bits per heavy atom. The zero-order chi connectivity index (χ0) is 18.2. The van der Waals surface area contributed by atoms with Crippen molar-refractivity contribution in [3.05, 3.63) is 23.4 Å². The lowest BCUT2D eigenvalue weighted by atomic mass is 9.86. The summed E-state index contributed by atoms with van der Waals surface area (Å²) in [4.78, 5) is 19.0. The molecule has 1 aliphatic heterocycles. The van der Waals surface area contributed by atoms with E-state index < -0.39 is 9.84 Å². The van der Waals surface area contributed by atoms with E-state index in [4.69, 9.17) is 0 Å². The summed E-state index contributed by atoms with van der Waals surface area (Å²) in [5, 5.41) is 2.96. The molecule has 1 aliphatic carbocycles. The van der Waals surface area contributed by atoms with Gasteiger partial charge in [0.05, 0.1) is 11.5 Å². The maximum atomic E-state index is 12.5. The van der Waals surface area contributed by atoms with E-state index in [1.54, 1.807) is 6.20 Å². The van der Waals surface area contributed by atoms with Gasteiger partial charge in [-0.05, 0) is 42.9 Å². The molecule has 7 heteroatoms. The van der Waals surface area contributed by atoms with Crippen molar-refractivity contribution in [2.45, 2.75) is 40.2 Å². The van der Waals surface area contributed by atoms with Crippen molar-refractivity contribution in [1.82, 2.24) is 9.88 Å². The summed E-state index contributed by atoms with van der Waals surface area (Å²) in [5.41, 5.74) is 1.76. The number of pyridine rings is 1. The molecule has 0 unspecified atom stereocenters. The molecule has 25 heavy (non-hydrogen) atoms. The van der Waals surface area contributed by atoms with Crippen LogP contribution in [0, 0.1) is 18.3 Å². The van der Waals surface area contributed by atoms with Crippen molar-refractivity contribution in [3.63, 3.8) is 0 Å². The lowest BCUT2D eigenvalue weighted by molar-refractivity contribution is -0.124. The topological polar surface area (TPSA) is 79.4 Å². The second-order valence-electron chi connectivity index (χ2n) is 7.87. The molecule has 0 atom stereocenters. The third-order valence-electron chi connectivity index (χ3n) is 5.47. The van der Waals surface area contributed by atoms with E-state index in [-0.39, 0.29) is 22.8 Å². The van der Waals surface area contributed by atoms with E-state index in [1.807, 2.05) is 26.8 Å². The highest BCUT2D eigenvalue weighted by molar-refractivity contribution is 7.91. The molecule has 1 saturated heterocycles. The predicted octanol–water partition coefficient (Wildman–Crippen LogP) is 2.00. The van der Waals surface area contributed by atoms with Crippen LogP contribution in [0.25, 0.3) is 0 Å². The van der Waals surface area contributed by atoms with Crippen LogP contribution < -0.4 is 5.32 Å². The van der Waals surface area contributed by atoms with Gasteiger partial charge in [-0.15, -0.1) is 0 Å². The Balaban J connectivity index is 1.67. The highest BCUT2D eigenvalue weighted by Crippen LogP contribution is 2.45. The van der Waals surface area contributed by atoms with Gasteiger partial charge < -0.3 is 5.32 Å². The molecule has 6 nitrogen and oxygen atoms in total. The van der Waals surface area contributed by atoms with E-state index in [9.17, 15) is 13.2 Å². The largest absolute Gasteiger partial charge is 0.310 e. The van der Waals surface area contributed by atoms with Crippen LogP contribution in [0.3, 0.4) is 0 Å². The molecule has 2 heterocycles. The molecule has 0 aromatic carbocycles. The monoisotopic (exact) mass is 365 g/mol. The fourth-order valence-corrected chi connectivity index (χ4v) is 4.50. The van der Waals surface area contributed by atoms with E-state index >= 15 is 0 Å². The zero-order valence-electron chi connectivity index (χ0n) is 15.2. The van der Waals surface area contributed by atoms with Gasteiger partial charge in [-0.1, -0.05) is 13.8 Å². The van der Waals surface area contributed by atoms with Crippen LogP contribution >= 0.6 is 0 Å². The van der Waals surface area contributed by atoms with Crippen molar-refractivity contribution in [2.24, 2.45) is 11.3 Å². The number of amides is 1. The lowest BCUT2D eigenvalue weighted by Gasteiger charge is -2.27. The SMILES string of the molecule is Cc1cnc(NC(=O)C(C)(C)C2CC2)cc1CN1CCS(=O)(=O)CC1. The number of hydrogen-bond donors (Lipinski definition) is 1. The quantitative estimate of drug-likeness (QED) is 0.863. The van der Waals surface area contributed by atoms with Crippen LogP contribution in [-0.4, -0.2) is 48.8 Å². The Morgan fingerprint density at radius 3 is 2.56 bits per heavy atom. The average molecular weight is 365 g/mol. The number of sulfone groups is 1. The molecular formula is C18H27N3O3S. The van der Waals surface area contributed by atoms with Crippen LogP contribution in [-0.2, 0) is 21.2 Å².